The van der Waals surface area contributed by atoms with Crippen molar-refractivity contribution in [3.8, 4) is 28.8 Å². The van der Waals surface area contributed by atoms with E-state index < -0.39 is 0 Å². The van der Waals surface area contributed by atoms with Gasteiger partial charge in [0.05, 0.1) is 5.69 Å². The van der Waals surface area contributed by atoms with Gasteiger partial charge < -0.3 is 15.2 Å². The van der Waals surface area contributed by atoms with Gasteiger partial charge in [0.1, 0.15) is 22.4 Å². The molecule has 100 valence electrons. The highest BCUT2D eigenvalue weighted by molar-refractivity contribution is 7.98. The van der Waals surface area contributed by atoms with E-state index >= 15 is 0 Å². The number of fused-ring (bicyclic) bond motifs is 1. The molecule has 0 atom stereocenters. The van der Waals surface area contributed by atoms with E-state index in [1.54, 1.807) is 12.1 Å². The first-order valence-corrected chi connectivity index (χ1v) is 6.97. The van der Waals surface area contributed by atoms with Crippen molar-refractivity contribution in [3.05, 3.63) is 23.8 Å². The lowest BCUT2D eigenvalue weighted by molar-refractivity contribution is 0.174. The Balaban J connectivity index is 2.13. The van der Waals surface area contributed by atoms with Crippen LogP contribution in [0.3, 0.4) is 0 Å². The molecule has 2 aromatic rings. The summed E-state index contributed by atoms with van der Waals surface area (Å²) in [6.07, 6.45) is 1.82. The maximum absolute atomic E-state index is 9.20. The molecular weight excluding hydrogens is 276 g/mol. The van der Waals surface area contributed by atoms with Crippen LogP contribution in [0.4, 0.5) is 5.69 Å². The molecule has 3 rings (SSSR count). The standard InChI is InChI=1S/C13H10N4O2S/c1-20-13-8(5-14)11(15)12(16-17-13)7-2-3-9-10(4-7)19-6-18-9/h2-4H,6H2,1H3,(H2,15,17). The third-order valence-corrected chi connectivity index (χ3v) is 3.60. The minimum atomic E-state index is 0.203. The molecular formula is C13H10N4O2S. The molecule has 0 saturated heterocycles. The Morgan fingerprint density at radius 1 is 1.30 bits per heavy atom. The summed E-state index contributed by atoms with van der Waals surface area (Å²) in [5, 5.41) is 17.9. The molecule has 0 amide bonds. The lowest BCUT2D eigenvalue weighted by atomic mass is 10.1. The first-order chi connectivity index (χ1) is 9.74. The molecule has 0 bridgehead atoms. The molecule has 0 fully saturated rings. The minimum Gasteiger partial charge on any atom is -0.454 e. The zero-order chi connectivity index (χ0) is 14.1. The largest absolute Gasteiger partial charge is 0.454 e. The number of anilines is 1. The van der Waals surface area contributed by atoms with Crippen LogP contribution in [0.15, 0.2) is 23.2 Å². The Bertz CT molecular complexity index is 727. The molecule has 0 aliphatic carbocycles. The van der Waals surface area contributed by atoms with Crippen LogP contribution >= 0.6 is 11.8 Å². The average Bonchev–Trinajstić information content (AvgIpc) is 2.94. The molecule has 2 heterocycles. The van der Waals surface area contributed by atoms with Crippen LogP contribution in [0.5, 0.6) is 11.5 Å². The molecule has 1 aliphatic rings. The topological polar surface area (TPSA) is 94.1 Å². The van der Waals surface area contributed by atoms with Crippen molar-refractivity contribution in [1.29, 1.82) is 5.26 Å². The van der Waals surface area contributed by atoms with Gasteiger partial charge in [-0.25, -0.2) is 0 Å². The van der Waals surface area contributed by atoms with Crippen LogP contribution in [-0.4, -0.2) is 23.2 Å². The van der Waals surface area contributed by atoms with Gasteiger partial charge in [-0.2, -0.15) is 5.26 Å². The summed E-state index contributed by atoms with van der Waals surface area (Å²) < 4.78 is 10.6. The number of nitrogens with two attached hydrogens (primary N) is 1. The van der Waals surface area contributed by atoms with E-state index in [1.807, 2.05) is 12.3 Å². The summed E-state index contributed by atoms with van der Waals surface area (Å²) in [6.45, 7) is 0.203. The molecule has 7 heteroatoms. The summed E-state index contributed by atoms with van der Waals surface area (Å²) in [5.41, 5.74) is 7.92. The van der Waals surface area contributed by atoms with E-state index in [1.165, 1.54) is 11.8 Å². The van der Waals surface area contributed by atoms with Crippen molar-refractivity contribution in [1.82, 2.24) is 10.2 Å². The van der Waals surface area contributed by atoms with Gasteiger partial charge in [0, 0.05) is 5.56 Å². The van der Waals surface area contributed by atoms with Crippen LogP contribution in [0, 0.1) is 11.3 Å². The van der Waals surface area contributed by atoms with E-state index in [0.717, 1.165) is 5.56 Å². The maximum Gasteiger partial charge on any atom is 0.231 e. The van der Waals surface area contributed by atoms with E-state index in [0.29, 0.717) is 33.5 Å². The second-order valence-corrected chi connectivity index (χ2v) is 4.82. The number of hydrogen-bond acceptors (Lipinski definition) is 7. The van der Waals surface area contributed by atoms with Crippen LogP contribution in [0.25, 0.3) is 11.3 Å². The Labute approximate surface area is 119 Å². The smallest absolute Gasteiger partial charge is 0.231 e. The first-order valence-electron chi connectivity index (χ1n) is 5.75. The predicted molar refractivity (Wildman–Crippen MR) is 74.5 cm³/mol. The molecule has 0 radical (unpaired) electrons. The van der Waals surface area contributed by atoms with Crippen LogP contribution < -0.4 is 15.2 Å². The lowest BCUT2D eigenvalue weighted by Gasteiger charge is -2.08. The number of rotatable bonds is 2. The second-order valence-electron chi connectivity index (χ2n) is 4.03. The molecule has 2 N–H and O–H groups in total. The van der Waals surface area contributed by atoms with Crippen LogP contribution in [0.1, 0.15) is 5.56 Å². The number of aromatic nitrogens is 2. The zero-order valence-corrected chi connectivity index (χ0v) is 11.4. The molecule has 0 saturated carbocycles. The number of hydrogen-bond donors (Lipinski definition) is 1. The fourth-order valence-corrected chi connectivity index (χ4v) is 2.42. The number of nitrogens with zero attached hydrogens (tertiary/aromatic N) is 3. The molecule has 0 spiro atoms. The minimum absolute atomic E-state index is 0.203. The van der Waals surface area contributed by atoms with Crippen molar-refractivity contribution in [3.63, 3.8) is 0 Å². The van der Waals surface area contributed by atoms with E-state index in [4.69, 9.17) is 15.2 Å². The number of thioether (sulfide) groups is 1. The van der Waals surface area contributed by atoms with Crippen LogP contribution in [-0.2, 0) is 0 Å². The van der Waals surface area contributed by atoms with Gasteiger partial charge in [-0.05, 0) is 24.5 Å². The first kappa shape index (κ1) is 12.6. The molecule has 1 aliphatic heterocycles. The summed E-state index contributed by atoms with van der Waals surface area (Å²) in [7, 11) is 0. The average molecular weight is 286 g/mol. The van der Waals surface area contributed by atoms with Crippen molar-refractivity contribution in [2.24, 2.45) is 0 Å². The van der Waals surface area contributed by atoms with E-state index in [9.17, 15) is 5.26 Å². The quantitative estimate of drug-likeness (QED) is 0.844. The van der Waals surface area contributed by atoms with Gasteiger partial charge in [0.15, 0.2) is 11.5 Å². The summed E-state index contributed by atoms with van der Waals surface area (Å²) in [4.78, 5) is 0. The molecule has 1 aromatic carbocycles. The maximum atomic E-state index is 9.20. The Hall–Kier alpha value is -2.46. The predicted octanol–water partition coefficient (Wildman–Crippen LogP) is 2.05. The fraction of sp³-hybridized carbons (Fsp3) is 0.154. The van der Waals surface area contributed by atoms with Gasteiger partial charge in [0.25, 0.3) is 0 Å². The van der Waals surface area contributed by atoms with Gasteiger partial charge in [-0.1, -0.05) is 0 Å². The molecule has 0 unspecified atom stereocenters. The highest BCUT2D eigenvalue weighted by atomic mass is 32.2. The SMILES string of the molecule is CSc1nnc(-c2ccc3c(c2)OCO3)c(N)c1C#N. The monoisotopic (exact) mass is 286 g/mol. The third-order valence-electron chi connectivity index (χ3n) is 2.93. The summed E-state index contributed by atoms with van der Waals surface area (Å²) in [5.74, 6) is 1.32. The Morgan fingerprint density at radius 2 is 2.10 bits per heavy atom. The number of benzene rings is 1. The van der Waals surface area contributed by atoms with Crippen molar-refractivity contribution >= 4 is 17.4 Å². The highest BCUT2D eigenvalue weighted by Gasteiger charge is 2.18. The molecule has 1 aromatic heterocycles. The van der Waals surface area contributed by atoms with Gasteiger partial charge in [-0.15, -0.1) is 22.0 Å². The van der Waals surface area contributed by atoms with Crippen LogP contribution in [0.2, 0.25) is 0 Å². The van der Waals surface area contributed by atoms with Crippen molar-refractivity contribution in [2.45, 2.75) is 5.03 Å². The fourth-order valence-electron chi connectivity index (χ4n) is 1.94. The Morgan fingerprint density at radius 3 is 2.85 bits per heavy atom. The van der Waals surface area contributed by atoms with Crippen molar-refractivity contribution in [2.75, 3.05) is 18.8 Å². The number of nitrogen functional groups attached to an aromatic ring is 1. The van der Waals surface area contributed by atoms with Crippen molar-refractivity contribution < 1.29 is 9.47 Å². The van der Waals surface area contributed by atoms with Gasteiger partial charge >= 0.3 is 0 Å². The van der Waals surface area contributed by atoms with E-state index in [2.05, 4.69) is 16.3 Å². The van der Waals surface area contributed by atoms with Gasteiger partial charge in [-0.3, -0.25) is 0 Å². The highest BCUT2D eigenvalue weighted by Crippen LogP contribution is 2.37. The number of nitriles is 1. The second kappa shape index (κ2) is 4.90. The molecule has 20 heavy (non-hydrogen) atoms. The van der Waals surface area contributed by atoms with Gasteiger partial charge in [0.2, 0.25) is 6.79 Å². The normalized spacial score (nSPS) is 12.2. The zero-order valence-electron chi connectivity index (χ0n) is 10.6. The van der Waals surface area contributed by atoms with E-state index in [-0.39, 0.29) is 6.79 Å². The Kier molecular flexibility index (Phi) is 3.08. The molecule has 6 nitrogen and oxygen atoms in total. The number of ether oxygens (including phenoxy) is 2. The summed E-state index contributed by atoms with van der Waals surface area (Å²) >= 11 is 1.34. The third kappa shape index (κ3) is 1.90. The summed E-state index contributed by atoms with van der Waals surface area (Å²) in [6, 6.07) is 7.45. The lowest BCUT2D eigenvalue weighted by Crippen LogP contribution is -2.02.